The van der Waals surface area contributed by atoms with Crippen LogP contribution in [0.3, 0.4) is 0 Å². The first-order chi connectivity index (χ1) is 5.77. The SMILES string of the molecule is O=C1NCc2cccc(Br)c2N1. The molecule has 4 heteroatoms. The number of halogens is 1. The summed E-state index contributed by atoms with van der Waals surface area (Å²) in [4.78, 5) is 10.9. The largest absolute Gasteiger partial charge is 0.334 e. The van der Waals surface area contributed by atoms with E-state index in [4.69, 9.17) is 0 Å². The Balaban J connectivity index is 2.50. The molecule has 2 N–H and O–H groups in total. The molecule has 1 aromatic carbocycles. The molecule has 62 valence electrons. The molecule has 0 aliphatic carbocycles. The summed E-state index contributed by atoms with van der Waals surface area (Å²) in [6, 6.07) is 5.69. The Bertz CT molecular complexity index is 338. The number of hydrogen-bond acceptors (Lipinski definition) is 1. The minimum atomic E-state index is -0.144. The number of urea groups is 1. The van der Waals surface area contributed by atoms with E-state index in [2.05, 4.69) is 26.6 Å². The third-order valence-corrected chi connectivity index (χ3v) is 2.44. The molecule has 1 aromatic rings. The summed E-state index contributed by atoms with van der Waals surface area (Å²) in [5.41, 5.74) is 1.98. The molecule has 0 fully saturated rings. The van der Waals surface area contributed by atoms with Crippen LogP contribution in [0.15, 0.2) is 22.7 Å². The van der Waals surface area contributed by atoms with Gasteiger partial charge in [-0.15, -0.1) is 0 Å². The normalized spacial score (nSPS) is 14.6. The summed E-state index contributed by atoms with van der Waals surface area (Å²) in [6.45, 7) is 0.598. The summed E-state index contributed by atoms with van der Waals surface area (Å²) in [5.74, 6) is 0. The number of benzene rings is 1. The van der Waals surface area contributed by atoms with Crippen molar-refractivity contribution >= 4 is 27.6 Å². The van der Waals surface area contributed by atoms with Crippen molar-refractivity contribution in [3.05, 3.63) is 28.2 Å². The summed E-state index contributed by atoms with van der Waals surface area (Å²) < 4.78 is 0.926. The Morgan fingerprint density at radius 1 is 1.42 bits per heavy atom. The van der Waals surface area contributed by atoms with Gasteiger partial charge >= 0.3 is 6.03 Å². The second-order valence-electron chi connectivity index (χ2n) is 2.58. The maximum atomic E-state index is 10.9. The van der Waals surface area contributed by atoms with Gasteiger partial charge in [-0.3, -0.25) is 0 Å². The Labute approximate surface area is 78.3 Å². The highest BCUT2D eigenvalue weighted by Crippen LogP contribution is 2.27. The second-order valence-corrected chi connectivity index (χ2v) is 3.44. The molecule has 2 rings (SSSR count). The summed E-state index contributed by atoms with van der Waals surface area (Å²) in [6.07, 6.45) is 0. The van der Waals surface area contributed by atoms with E-state index in [0.717, 1.165) is 15.7 Å². The topological polar surface area (TPSA) is 41.1 Å². The molecule has 0 radical (unpaired) electrons. The quantitative estimate of drug-likeness (QED) is 0.699. The van der Waals surface area contributed by atoms with Crippen LogP contribution in [0.5, 0.6) is 0 Å². The van der Waals surface area contributed by atoms with Crippen molar-refractivity contribution in [3.8, 4) is 0 Å². The van der Waals surface area contributed by atoms with Crippen LogP contribution in [0.25, 0.3) is 0 Å². The van der Waals surface area contributed by atoms with E-state index in [0.29, 0.717) is 6.54 Å². The van der Waals surface area contributed by atoms with Gasteiger partial charge in [0.05, 0.1) is 5.69 Å². The molecule has 1 aliphatic rings. The number of amides is 2. The van der Waals surface area contributed by atoms with Crippen molar-refractivity contribution in [1.29, 1.82) is 0 Å². The smallest absolute Gasteiger partial charge is 0.319 e. The molecule has 0 atom stereocenters. The van der Waals surface area contributed by atoms with Gasteiger partial charge in [0.2, 0.25) is 0 Å². The molecule has 1 aliphatic heterocycles. The number of carbonyl (C=O) groups excluding carboxylic acids is 1. The zero-order valence-electron chi connectivity index (χ0n) is 6.23. The predicted molar refractivity (Wildman–Crippen MR) is 50.0 cm³/mol. The number of para-hydroxylation sites is 1. The zero-order chi connectivity index (χ0) is 8.55. The molecule has 1 heterocycles. The zero-order valence-corrected chi connectivity index (χ0v) is 7.81. The van der Waals surface area contributed by atoms with E-state index in [-0.39, 0.29) is 6.03 Å². The highest BCUT2D eigenvalue weighted by atomic mass is 79.9. The Hall–Kier alpha value is -1.03. The van der Waals surface area contributed by atoms with E-state index in [1.165, 1.54) is 0 Å². The van der Waals surface area contributed by atoms with Crippen LogP contribution in [-0.4, -0.2) is 6.03 Å². The van der Waals surface area contributed by atoms with E-state index < -0.39 is 0 Å². The molecular weight excluding hydrogens is 220 g/mol. The molecule has 3 nitrogen and oxygen atoms in total. The van der Waals surface area contributed by atoms with Gasteiger partial charge in [0.15, 0.2) is 0 Å². The number of nitrogens with one attached hydrogen (secondary N) is 2. The van der Waals surface area contributed by atoms with Gasteiger partial charge in [0.25, 0.3) is 0 Å². The Morgan fingerprint density at radius 2 is 2.25 bits per heavy atom. The van der Waals surface area contributed by atoms with Crippen LogP contribution >= 0.6 is 15.9 Å². The van der Waals surface area contributed by atoms with Gasteiger partial charge in [0.1, 0.15) is 0 Å². The van der Waals surface area contributed by atoms with Crippen molar-refractivity contribution in [3.63, 3.8) is 0 Å². The van der Waals surface area contributed by atoms with Gasteiger partial charge in [-0.05, 0) is 27.6 Å². The van der Waals surface area contributed by atoms with Crippen molar-refractivity contribution in [2.24, 2.45) is 0 Å². The van der Waals surface area contributed by atoms with E-state index in [1.807, 2.05) is 18.2 Å². The molecule has 2 amide bonds. The molecule has 0 unspecified atom stereocenters. The van der Waals surface area contributed by atoms with Gasteiger partial charge in [-0.25, -0.2) is 4.79 Å². The van der Waals surface area contributed by atoms with Gasteiger partial charge in [-0.1, -0.05) is 12.1 Å². The monoisotopic (exact) mass is 226 g/mol. The summed E-state index contributed by atoms with van der Waals surface area (Å²) >= 11 is 3.37. The average molecular weight is 227 g/mol. The highest BCUT2D eigenvalue weighted by molar-refractivity contribution is 9.10. The molecule has 0 aromatic heterocycles. The van der Waals surface area contributed by atoms with Gasteiger partial charge < -0.3 is 10.6 Å². The molecule has 0 saturated heterocycles. The van der Waals surface area contributed by atoms with Crippen LogP contribution in [0.1, 0.15) is 5.56 Å². The first kappa shape index (κ1) is 7.61. The second kappa shape index (κ2) is 2.79. The molecule has 0 saturated carbocycles. The predicted octanol–water partition coefficient (Wildman–Crippen LogP) is 2.08. The molecule has 12 heavy (non-hydrogen) atoms. The van der Waals surface area contributed by atoms with Crippen molar-refractivity contribution in [1.82, 2.24) is 5.32 Å². The van der Waals surface area contributed by atoms with Gasteiger partial charge in [-0.2, -0.15) is 0 Å². The lowest BCUT2D eigenvalue weighted by Gasteiger charge is -2.18. The van der Waals surface area contributed by atoms with Gasteiger partial charge in [0, 0.05) is 11.0 Å². The highest BCUT2D eigenvalue weighted by Gasteiger charge is 2.14. The first-order valence-electron chi connectivity index (χ1n) is 3.59. The fourth-order valence-electron chi connectivity index (χ4n) is 1.19. The lowest BCUT2D eigenvalue weighted by atomic mass is 10.1. The minimum absolute atomic E-state index is 0.144. The lowest BCUT2D eigenvalue weighted by Crippen LogP contribution is -2.33. The van der Waals surface area contributed by atoms with E-state index in [1.54, 1.807) is 0 Å². The molecular formula is C8H7BrN2O. The maximum absolute atomic E-state index is 10.9. The Morgan fingerprint density at radius 3 is 3.08 bits per heavy atom. The van der Waals surface area contributed by atoms with Crippen molar-refractivity contribution < 1.29 is 4.79 Å². The van der Waals surface area contributed by atoms with E-state index in [9.17, 15) is 4.79 Å². The van der Waals surface area contributed by atoms with E-state index >= 15 is 0 Å². The lowest BCUT2D eigenvalue weighted by molar-refractivity contribution is 0.251. The van der Waals surface area contributed by atoms with Crippen molar-refractivity contribution in [2.75, 3.05) is 5.32 Å². The number of carbonyl (C=O) groups is 1. The van der Waals surface area contributed by atoms with Crippen LogP contribution in [-0.2, 0) is 6.54 Å². The number of hydrogen-bond donors (Lipinski definition) is 2. The molecule has 0 spiro atoms. The fourth-order valence-corrected chi connectivity index (χ4v) is 1.70. The van der Waals surface area contributed by atoms with Crippen LogP contribution in [0.4, 0.5) is 10.5 Å². The fraction of sp³-hybridized carbons (Fsp3) is 0.125. The minimum Gasteiger partial charge on any atom is -0.334 e. The number of fused-ring (bicyclic) bond motifs is 1. The molecule has 0 bridgehead atoms. The first-order valence-corrected chi connectivity index (χ1v) is 4.39. The van der Waals surface area contributed by atoms with Crippen LogP contribution in [0, 0.1) is 0 Å². The Kier molecular flexibility index (Phi) is 1.77. The number of rotatable bonds is 0. The maximum Gasteiger partial charge on any atom is 0.319 e. The number of anilines is 1. The van der Waals surface area contributed by atoms with Crippen molar-refractivity contribution in [2.45, 2.75) is 6.54 Å². The standard InChI is InChI=1S/C8H7BrN2O/c9-6-3-1-2-5-4-10-8(12)11-7(5)6/h1-3H,4H2,(H2,10,11,12). The van der Waals surface area contributed by atoms with Crippen LogP contribution in [0.2, 0.25) is 0 Å². The summed E-state index contributed by atoms with van der Waals surface area (Å²) in [7, 11) is 0. The third-order valence-electron chi connectivity index (χ3n) is 1.78. The summed E-state index contributed by atoms with van der Waals surface area (Å²) in [5, 5.41) is 5.43. The van der Waals surface area contributed by atoms with Crippen LogP contribution < -0.4 is 10.6 Å². The average Bonchev–Trinajstić information content (AvgIpc) is 2.07. The third kappa shape index (κ3) is 1.18.